The van der Waals surface area contributed by atoms with Crippen molar-refractivity contribution in [1.82, 2.24) is 38.0 Å². The smallest absolute Gasteiger partial charge is 0.279 e. The van der Waals surface area contributed by atoms with Crippen LogP contribution >= 0.6 is 0 Å². The molecule has 0 radical (unpaired) electrons. The number of hydrogen-bond acceptors (Lipinski definition) is 6. The van der Waals surface area contributed by atoms with Gasteiger partial charge in [-0.25, -0.2) is 28.9 Å². The fourth-order valence-corrected chi connectivity index (χ4v) is 2.82. The number of aromatic amines is 1. The van der Waals surface area contributed by atoms with Crippen LogP contribution in [0, 0.1) is 0 Å². The highest BCUT2D eigenvalue weighted by molar-refractivity contribution is 5.73. The summed E-state index contributed by atoms with van der Waals surface area (Å²) in [5.41, 5.74) is -1.82. The summed E-state index contributed by atoms with van der Waals surface area (Å²) < 4.78 is 6.16. The number of aryl methyl sites for hydroxylation is 2. The summed E-state index contributed by atoms with van der Waals surface area (Å²) in [6.45, 7) is 0. The first-order valence-corrected chi connectivity index (χ1v) is 7.13. The van der Waals surface area contributed by atoms with Crippen LogP contribution in [0.15, 0.2) is 31.8 Å². The molecule has 0 fully saturated rings. The molecule has 0 bridgehead atoms. The highest BCUT2D eigenvalue weighted by Gasteiger charge is 2.18. The molecule has 0 amide bonds. The average molecular weight is 344 g/mol. The number of fused-ring (bicyclic) bond motifs is 2. The van der Waals surface area contributed by atoms with Gasteiger partial charge in [0.25, 0.3) is 11.1 Å². The quantitative estimate of drug-likeness (QED) is 0.405. The lowest BCUT2D eigenvalue weighted by Crippen LogP contribution is -2.37. The minimum absolute atomic E-state index is 0.0396. The normalized spacial score (nSPS) is 11.6. The van der Waals surface area contributed by atoms with Crippen molar-refractivity contribution in [3.63, 3.8) is 0 Å². The first-order valence-electron chi connectivity index (χ1n) is 7.13. The zero-order chi connectivity index (χ0) is 18.0. The van der Waals surface area contributed by atoms with E-state index in [4.69, 9.17) is 0 Å². The molecule has 0 aliphatic rings. The number of nitrogens with zero attached hydrogens (tertiary/aromatic N) is 7. The van der Waals surface area contributed by atoms with Crippen molar-refractivity contribution >= 4 is 22.3 Å². The maximum absolute atomic E-state index is 12.3. The lowest BCUT2D eigenvalue weighted by atomic mass is 10.5. The molecule has 0 atom stereocenters. The van der Waals surface area contributed by atoms with Gasteiger partial charge in [-0.1, -0.05) is 0 Å². The number of hydrogen-bond donors (Lipinski definition) is 1. The van der Waals surface area contributed by atoms with E-state index in [1.165, 1.54) is 52.3 Å². The fourth-order valence-electron chi connectivity index (χ4n) is 2.82. The van der Waals surface area contributed by atoms with Crippen LogP contribution in [0.25, 0.3) is 22.3 Å². The van der Waals surface area contributed by atoms with Crippen LogP contribution in [-0.4, -0.2) is 38.0 Å². The Morgan fingerprint density at radius 1 is 0.800 bits per heavy atom. The van der Waals surface area contributed by atoms with Crippen LogP contribution in [0.2, 0.25) is 0 Å². The summed E-state index contributed by atoms with van der Waals surface area (Å²) in [5.74, 6) is 0. The summed E-state index contributed by atoms with van der Waals surface area (Å²) in [6, 6.07) is 0. The van der Waals surface area contributed by atoms with Crippen molar-refractivity contribution in [3.05, 3.63) is 54.3 Å². The third-order valence-corrected chi connectivity index (χ3v) is 4.14. The molecule has 4 heterocycles. The van der Waals surface area contributed by atoms with Gasteiger partial charge in [-0.2, -0.15) is 0 Å². The van der Waals surface area contributed by atoms with Gasteiger partial charge in [-0.3, -0.25) is 28.3 Å². The van der Waals surface area contributed by atoms with Gasteiger partial charge < -0.3 is 0 Å². The molecule has 0 spiro atoms. The molecule has 0 aliphatic heterocycles. The topological polar surface area (TPSA) is 134 Å². The van der Waals surface area contributed by atoms with Crippen molar-refractivity contribution in [2.45, 2.75) is 0 Å². The lowest BCUT2D eigenvalue weighted by Gasteiger charge is -2.11. The third-order valence-electron chi connectivity index (χ3n) is 4.14. The van der Waals surface area contributed by atoms with Crippen molar-refractivity contribution in [2.75, 3.05) is 0 Å². The van der Waals surface area contributed by atoms with Gasteiger partial charge in [0.1, 0.15) is 12.7 Å². The molecule has 1 N–H and O–H groups in total. The summed E-state index contributed by atoms with van der Waals surface area (Å²) in [5, 5.41) is 0. The van der Waals surface area contributed by atoms with E-state index in [1.54, 1.807) is 0 Å². The van der Waals surface area contributed by atoms with Crippen LogP contribution in [0.5, 0.6) is 0 Å². The zero-order valence-corrected chi connectivity index (χ0v) is 13.4. The van der Waals surface area contributed by atoms with E-state index in [1.807, 2.05) is 0 Å². The van der Waals surface area contributed by atoms with Gasteiger partial charge in [0.15, 0.2) is 22.3 Å². The molecule has 128 valence electrons. The Hall–Kier alpha value is -3.70. The second-order valence-electron chi connectivity index (χ2n) is 5.55. The molecule has 0 aliphatic carbocycles. The van der Waals surface area contributed by atoms with Gasteiger partial charge in [-0.15, -0.1) is 0 Å². The summed E-state index contributed by atoms with van der Waals surface area (Å²) in [4.78, 5) is 58.5. The fraction of sp³-hybridized carbons (Fsp3) is 0.231. The largest absolute Gasteiger partial charge is 0.332 e. The number of nitrogens with one attached hydrogen (secondary N) is 1. The van der Waals surface area contributed by atoms with Crippen LogP contribution in [-0.2, 0) is 21.1 Å². The van der Waals surface area contributed by atoms with Crippen LogP contribution in [0.4, 0.5) is 0 Å². The van der Waals surface area contributed by atoms with Gasteiger partial charge in [0.2, 0.25) is 0 Å². The minimum Gasteiger partial charge on any atom is -0.279 e. The number of rotatable bonds is 1. The van der Waals surface area contributed by atoms with Crippen molar-refractivity contribution in [2.24, 2.45) is 21.1 Å². The highest BCUT2D eigenvalue weighted by atomic mass is 16.2. The number of aromatic nitrogens is 8. The first-order chi connectivity index (χ1) is 11.8. The van der Waals surface area contributed by atoms with E-state index in [0.717, 1.165) is 4.57 Å². The average Bonchev–Trinajstić information content (AvgIpc) is 3.20. The zero-order valence-electron chi connectivity index (χ0n) is 13.4. The Kier molecular flexibility index (Phi) is 2.77. The molecule has 4 rings (SSSR count). The molecule has 0 saturated heterocycles. The Bertz CT molecular complexity index is 1410. The van der Waals surface area contributed by atoms with Gasteiger partial charge in [-0.05, 0) is 0 Å². The van der Waals surface area contributed by atoms with Gasteiger partial charge in [0.05, 0.1) is 0 Å². The van der Waals surface area contributed by atoms with E-state index >= 15 is 0 Å². The SMILES string of the molecule is Cn1c(=O)c2ncn(-n3cnc4c(=O)[nH]c(=O)n(C)c43)c2n(C)c1=O. The Balaban J connectivity index is 2.24. The second kappa shape index (κ2) is 4.66. The lowest BCUT2D eigenvalue weighted by molar-refractivity contribution is 0.634. The standard InChI is InChI=1S/C13H12N8O4/c1-17-9-6(8(22)16-12(17)24)14-4-20(9)21-5-15-7-10(21)18(2)13(25)19(3)11(7)23/h4-5H,1-3H3,(H,16,22,24). The van der Waals surface area contributed by atoms with Crippen molar-refractivity contribution in [1.29, 1.82) is 0 Å². The van der Waals surface area contributed by atoms with Crippen LogP contribution in [0.3, 0.4) is 0 Å². The van der Waals surface area contributed by atoms with Crippen molar-refractivity contribution in [3.8, 4) is 0 Å². The molecular formula is C13H12N8O4. The first kappa shape index (κ1) is 14.9. The van der Waals surface area contributed by atoms with E-state index in [2.05, 4.69) is 15.0 Å². The molecule has 12 heteroatoms. The minimum atomic E-state index is -0.633. The van der Waals surface area contributed by atoms with E-state index < -0.39 is 22.5 Å². The summed E-state index contributed by atoms with van der Waals surface area (Å²) in [7, 11) is 4.32. The van der Waals surface area contributed by atoms with E-state index in [9.17, 15) is 19.2 Å². The number of imidazole rings is 2. The molecule has 25 heavy (non-hydrogen) atoms. The second-order valence-corrected chi connectivity index (χ2v) is 5.55. The summed E-state index contributed by atoms with van der Waals surface area (Å²) in [6.07, 6.45) is 2.63. The monoisotopic (exact) mass is 344 g/mol. The van der Waals surface area contributed by atoms with E-state index in [0.29, 0.717) is 0 Å². The predicted octanol–water partition coefficient (Wildman–Crippen LogP) is -2.52. The van der Waals surface area contributed by atoms with Crippen LogP contribution < -0.4 is 22.5 Å². The molecular weight excluding hydrogens is 332 g/mol. The highest BCUT2D eigenvalue weighted by Crippen LogP contribution is 2.11. The molecule has 4 aromatic rings. The van der Waals surface area contributed by atoms with E-state index in [-0.39, 0.29) is 22.3 Å². The van der Waals surface area contributed by atoms with Gasteiger partial charge in [0, 0.05) is 21.1 Å². The van der Waals surface area contributed by atoms with Gasteiger partial charge >= 0.3 is 11.4 Å². The van der Waals surface area contributed by atoms with Crippen LogP contribution in [0.1, 0.15) is 0 Å². The molecule has 0 unspecified atom stereocenters. The Morgan fingerprint density at radius 2 is 1.36 bits per heavy atom. The summed E-state index contributed by atoms with van der Waals surface area (Å²) >= 11 is 0. The molecule has 4 aromatic heterocycles. The predicted molar refractivity (Wildman–Crippen MR) is 86.6 cm³/mol. The molecule has 0 aromatic carbocycles. The Labute approximate surface area is 136 Å². The Morgan fingerprint density at radius 3 is 2.00 bits per heavy atom. The molecule has 0 saturated carbocycles. The maximum atomic E-state index is 12.3. The van der Waals surface area contributed by atoms with Crippen molar-refractivity contribution < 1.29 is 0 Å². The number of H-pyrrole nitrogens is 1. The molecule has 12 nitrogen and oxygen atoms in total. The maximum Gasteiger partial charge on any atom is 0.332 e. The third kappa shape index (κ3) is 1.75.